The Hall–Kier alpha value is -3.73. The minimum Gasteiger partial charge on any atom is -0.325 e. The second-order valence-corrected chi connectivity index (χ2v) is 14.6. The first-order valence-electron chi connectivity index (χ1n) is 15.3. The number of amides is 1. The normalized spacial score (nSPS) is 21.2. The zero-order chi connectivity index (χ0) is 34.2. The number of phosphoric ester groups is 1. The number of aryl methyl sites for hydroxylation is 2. The highest BCUT2D eigenvalue weighted by Crippen LogP contribution is 2.47. The molecule has 3 aromatic heterocycles. The summed E-state index contributed by atoms with van der Waals surface area (Å²) in [5.74, 6) is -5.19. The fourth-order valence-electron chi connectivity index (χ4n) is 6.30. The molecular formula is C30H35F2N8O6PS. The number of alkyl halides is 2. The highest BCUT2D eigenvalue weighted by molar-refractivity contribution is 7.99. The van der Waals surface area contributed by atoms with E-state index in [1.807, 2.05) is 48.6 Å². The van der Waals surface area contributed by atoms with Crippen molar-refractivity contribution in [1.82, 2.24) is 29.5 Å². The van der Waals surface area contributed by atoms with Gasteiger partial charge in [0.05, 0.1) is 13.2 Å². The van der Waals surface area contributed by atoms with Crippen molar-refractivity contribution in [1.29, 1.82) is 0 Å². The van der Waals surface area contributed by atoms with E-state index in [-0.39, 0.29) is 24.8 Å². The Labute approximate surface area is 278 Å². The number of carbonyl (C=O) groups is 2. The minimum absolute atomic E-state index is 0.0156. The maximum atomic E-state index is 14.2. The van der Waals surface area contributed by atoms with Gasteiger partial charge >= 0.3 is 7.82 Å². The van der Waals surface area contributed by atoms with Crippen LogP contribution in [-0.2, 0) is 18.7 Å². The number of H-pyrrole nitrogens is 1. The number of rotatable bonds is 12. The molecule has 1 aliphatic heterocycles. The van der Waals surface area contributed by atoms with Crippen LogP contribution in [0.5, 0.6) is 0 Å². The van der Waals surface area contributed by atoms with Gasteiger partial charge in [-0.3, -0.25) is 28.5 Å². The Morgan fingerprint density at radius 3 is 2.62 bits per heavy atom. The number of halogens is 2. The molecule has 18 heteroatoms. The topological polar surface area (TPSA) is 187 Å². The summed E-state index contributed by atoms with van der Waals surface area (Å²) < 4.78 is 45.8. The van der Waals surface area contributed by atoms with Gasteiger partial charge in [-0.05, 0) is 80.9 Å². The molecule has 0 spiro atoms. The third kappa shape index (κ3) is 8.28. The van der Waals surface area contributed by atoms with Gasteiger partial charge in [0.1, 0.15) is 11.4 Å². The lowest BCUT2D eigenvalue weighted by molar-refractivity contribution is -0.128. The van der Waals surface area contributed by atoms with Crippen LogP contribution in [0.3, 0.4) is 0 Å². The van der Waals surface area contributed by atoms with E-state index in [1.165, 1.54) is 11.8 Å². The summed E-state index contributed by atoms with van der Waals surface area (Å²) in [7, 11) is -4.86. The van der Waals surface area contributed by atoms with Gasteiger partial charge in [0.25, 0.3) is 0 Å². The summed E-state index contributed by atoms with van der Waals surface area (Å²) in [6.45, 7) is 3.94. The zero-order valence-corrected chi connectivity index (χ0v) is 27.8. The van der Waals surface area contributed by atoms with E-state index in [0.717, 1.165) is 21.9 Å². The number of phosphoric acid groups is 1. The fraction of sp³-hybridized carbons (Fsp3) is 0.433. The molecule has 1 aromatic carbocycles. The molecule has 1 amide bonds. The van der Waals surface area contributed by atoms with E-state index >= 15 is 0 Å². The molecule has 14 nitrogen and oxygen atoms in total. The molecule has 2 fully saturated rings. The van der Waals surface area contributed by atoms with Gasteiger partial charge in [-0.2, -0.15) is 10.1 Å². The highest BCUT2D eigenvalue weighted by Gasteiger charge is 2.51. The molecule has 1 saturated heterocycles. The Bertz CT molecular complexity index is 1870. The number of anilines is 3. The van der Waals surface area contributed by atoms with Crippen molar-refractivity contribution < 1.29 is 37.2 Å². The van der Waals surface area contributed by atoms with Gasteiger partial charge in [-0.15, -0.1) is 0 Å². The first-order valence-corrected chi connectivity index (χ1v) is 17.6. The molecule has 0 bridgehead atoms. The predicted octanol–water partition coefficient (Wildman–Crippen LogP) is 4.56. The van der Waals surface area contributed by atoms with E-state index < -0.39 is 50.9 Å². The summed E-state index contributed by atoms with van der Waals surface area (Å²) >= 11 is 1.36. The second-order valence-electron chi connectivity index (χ2n) is 12.3. The Morgan fingerprint density at radius 1 is 1.15 bits per heavy atom. The number of aromatic nitrogens is 5. The van der Waals surface area contributed by atoms with Crippen LogP contribution in [0.1, 0.15) is 30.7 Å². The van der Waals surface area contributed by atoms with Crippen molar-refractivity contribution in [3.8, 4) is 0 Å². The fourth-order valence-corrected chi connectivity index (χ4v) is 7.44. The lowest BCUT2D eigenvalue weighted by atomic mass is 9.85. The zero-order valence-electron chi connectivity index (χ0n) is 26.1. The van der Waals surface area contributed by atoms with E-state index in [2.05, 4.69) is 30.3 Å². The first-order chi connectivity index (χ1) is 22.7. The minimum atomic E-state index is -4.86. The van der Waals surface area contributed by atoms with Crippen LogP contribution in [0.4, 0.5) is 26.2 Å². The molecule has 48 heavy (non-hydrogen) atoms. The third-order valence-corrected chi connectivity index (χ3v) is 9.84. The summed E-state index contributed by atoms with van der Waals surface area (Å²) in [5.41, 5.74) is 3.18. The third-order valence-electron chi connectivity index (χ3n) is 8.48. The molecule has 4 heterocycles. The van der Waals surface area contributed by atoms with Crippen LogP contribution in [0, 0.1) is 31.6 Å². The van der Waals surface area contributed by atoms with Crippen LogP contribution in [0.2, 0.25) is 0 Å². The average molecular weight is 705 g/mol. The number of aromatic amines is 1. The van der Waals surface area contributed by atoms with Gasteiger partial charge in [0, 0.05) is 59.3 Å². The molecule has 5 N–H and O–H groups in total. The van der Waals surface area contributed by atoms with Gasteiger partial charge < -0.3 is 20.4 Å². The largest absolute Gasteiger partial charge is 0.469 e. The van der Waals surface area contributed by atoms with E-state index in [9.17, 15) is 22.9 Å². The lowest BCUT2D eigenvalue weighted by Gasteiger charge is -2.21. The Kier molecular flexibility index (Phi) is 9.71. The molecule has 6 rings (SSSR count). The number of hydrogen-bond acceptors (Lipinski definition) is 10. The highest BCUT2D eigenvalue weighted by atomic mass is 32.2. The van der Waals surface area contributed by atoms with Crippen LogP contribution >= 0.6 is 19.6 Å². The monoisotopic (exact) mass is 704 g/mol. The number of ketones is 1. The number of benzene rings is 1. The van der Waals surface area contributed by atoms with Gasteiger partial charge in [0.2, 0.25) is 17.8 Å². The molecule has 2 aliphatic rings. The van der Waals surface area contributed by atoms with Crippen LogP contribution in [0.25, 0.3) is 5.65 Å². The number of likely N-dealkylation sites (tertiary alicyclic amines) is 1. The predicted molar refractivity (Wildman–Crippen MR) is 172 cm³/mol. The van der Waals surface area contributed by atoms with Crippen molar-refractivity contribution in [3.05, 3.63) is 53.9 Å². The lowest BCUT2D eigenvalue weighted by Crippen LogP contribution is -2.34. The first kappa shape index (κ1) is 34.1. The van der Waals surface area contributed by atoms with Crippen molar-refractivity contribution in [2.75, 3.05) is 36.9 Å². The summed E-state index contributed by atoms with van der Waals surface area (Å²) in [5, 5.41) is 13.8. The molecule has 1 aliphatic carbocycles. The Morgan fingerprint density at radius 2 is 1.92 bits per heavy atom. The number of nitrogens with zero attached hydrogens (tertiary/aromatic N) is 5. The molecule has 4 aromatic rings. The summed E-state index contributed by atoms with van der Waals surface area (Å²) in [4.78, 5) is 56.0. The smallest absolute Gasteiger partial charge is 0.325 e. The van der Waals surface area contributed by atoms with Crippen molar-refractivity contribution in [3.63, 3.8) is 0 Å². The van der Waals surface area contributed by atoms with E-state index in [0.29, 0.717) is 35.6 Å². The number of Topliss-reactive ketones (excluding diaryl/α,β-unsaturated/α-hetero) is 1. The van der Waals surface area contributed by atoms with E-state index in [4.69, 9.17) is 14.8 Å². The second kappa shape index (κ2) is 13.6. The van der Waals surface area contributed by atoms with Crippen LogP contribution < -0.4 is 10.6 Å². The summed E-state index contributed by atoms with van der Waals surface area (Å²) in [6.07, 6.45) is -0.942. The van der Waals surface area contributed by atoms with Crippen molar-refractivity contribution >= 4 is 54.4 Å². The van der Waals surface area contributed by atoms with Crippen LogP contribution in [-0.4, -0.2) is 83.1 Å². The van der Waals surface area contributed by atoms with Gasteiger partial charge in [-0.25, -0.2) is 18.3 Å². The van der Waals surface area contributed by atoms with Crippen LogP contribution in [0.15, 0.2) is 52.5 Å². The molecule has 1 saturated carbocycles. The molecule has 1 unspecified atom stereocenters. The molecule has 256 valence electrons. The van der Waals surface area contributed by atoms with Gasteiger partial charge in [0.15, 0.2) is 11.0 Å². The molecular weight excluding hydrogens is 669 g/mol. The van der Waals surface area contributed by atoms with Gasteiger partial charge in [-0.1, -0.05) is 0 Å². The number of nitrogens with one attached hydrogen (secondary N) is 3. The van der Waals surface area contributed by atoms with Crippen molar-refractivity contribution in [2.45, 2.75) is 49.1 Å². The number of fused-ring (bicyclic) bond motifs is 1. The average Bonchev–Trinajstić information content (AvgIpc) is 3.79. The number of hydrogen-bond donors (Lipinski definition) is 5. The quantitative estimate of drug-likeness (QED) is 0.130. The maximum Gasteiger partial charge on any atom is 0.469 e. The molecule has 0 radical (unpaired) electrons. The maximum absolute atomic E-state index is 14.2. The van der Waals surface area contributed by atoms with Crippen molar-refractivity contribution in [2.24, 2.45) is 17.8 Å². The number of carbonyl (C=O) groups excluding carboxylic acids is 2. The summed E-state index contributed by atoms with van der Waals surface area (Å²) in [6, 6.07) is 13.0. The standard InChI is InChI=1S/C30H35F2N8O6PS/c1-17-11-24(38-37-17)34-28-36-29(35-25-8-3-18(2)40(25)28)48-22-6-4-21(5-7-22)33-26(41)15-39-10-9-19(14-39)27(42)23-13-30(31,32)12-20(23)16-46-47(43,44)45/h3-8,11,19-20,23H,9-10,12-16H2,1-2H3,(H,33,41)(H2,43,44,45)(H2,34,35,36,37,38)/t19-,20+,23?/m1/s1. The SMILES string of the molecule is Cc1cc(Nc2nc(Sc3ccc(NC(=O)CN4CC[C@@H](C(=O)C5CC(F)(F)C[C@H]5COP(=O)(O)O)C4)cc3)nc3ccc(C)n23)n[nH]1. The Balaban J connectivity index is 1.03. The van der Waals surface area contributed by atoms with E-state index in [1.54, 1.807) is 17.0 Å². The molecule has 3 atom stereocenters.